The lowest BCUT2D eigenvalue weighted by atomic mass is 10.2. The molecule has 1 atom stereocenters. The van der Waals surface area contributed by atoms with Gasteiger partial charge in [-0.3, -0.25) is 0 Å². The fourth-order valence-corrected chi connectivity index (χ4v) is 2.31. The number of nitrogens with zero attached hydrogens (tertiary/aromatic N) is 1. The first-order valence-corrected chi connectivity index (χ1v) is 7.01. The van der Waals surface area contributed by atoms with Crippen LogP contribution < -0.4 is 10.1 Å². The van der Waals surface area contributed by atoms with E-state index in [4.69, 9.17) is 4.74 Å². The molecular formula is C14H18N2OS. The number of hydrogen-bond donors (Lipinski definition) is 1. The number of hydrogen-bond acceptors (Lipinski definition) is 4. The zero-order valence-corrected chi connectivity index (χ0v) is 11.7. The van der Waals surface area contributed by atoms with Crippen molar-refractivity contribution in [3.05, 3.63) is 40.8 Å². The largest absolute Gasteiger partial charge is 0.491 e. The van der Waals surface area contributed by atoms with Crippen LogP contribution in [-0.4, -0.2) is 11.1 Å². The van der Waals surface area contributed by atoms with Crippen LogP contribution in [0.5, 0.6) is 5.75 Å². The minimum atomic E-state index is 0.206. The van der Waals surface area contributed by atoms with Crippen molar-refractivity contribution >= 4 is 17.0 Å². The van der Waals surface area contributed by atoms with Gasteiger partial charge in [-0.15, -0.1) is 11.3 Å². The van der Waals surface area contributed by atoms with Crippen molar-refractivity contribution in [3.63, 3.8) is 0 Å². The Labute approximate surface area is 112 Å². The maximum atomic E-state index is 5.61. The minimum Gasteiger partial charge on any atom is -0.491 e. The van der Waals surface area contributed by atoms with Crippen LogP contribution in [0.25, 0.3) is 0 Å². The molecule has 0 aliphatic carbocycles. The summed E-state index contributed by atoms with van der Waals surface area (Å²) in [5.41, 5.74) is 4.00. The van der Waals surface area contributed by atoms with Gasteiger partial charge in [0.2, 0.25) is 0 Å². The molecular weight excluding hydrogens is 244 g/mol. The molecule has 96 valence electrons. The molecule has 18 heavy (non-hydrogen) atoms. The molecule has 1 aromatic carbocycles. The molecule has 0 amide bonds. The lowest BCUT2D eigenvalue weighted by Gasteiger charge is -2.14. The van der Waals surface area contributed by atoms with Gasteiger partial charge in [0.25, 0.3) is 0 Å². The number of aromatic nitrogens is 1. The summed E-state index contributed by atoms with van der Waals surface area (Å²) in [6.45, 7) is 6.15. The Balaban J connectivity index is 1.98. The Hall–Kier alpha value is -1.55. The van der Waals surface area contributed by atoms with Crippen molar-refractivity contribution in [1.29, 1.82) is 0 Å². The summed E-state index contributed by atoms with van der Waals surface area (Å²) in [6.07, 6.45) is 0.206. The van der Waals surface area contributed by atoms with Crippen molar-refractivity contribution in [1.82, 2.24) is 4.98 Å². The van der Waals surface area contributed by atoms with Crippen LogP contribution in [-0.2, 0) is 0 Å². The average molecular weight is 262 g/mol. The number of ether oxygens (including phenoxy) is 1. The van der Waals surface area contributed by atoms with E-state index in [1.54, 1.807) is 11.3 Å². The third-order valence-corrected chi connectivity index (χ3v) is 3.11. The number of benzene rings is 1. The van der Waals surface area contributed by atoms with Gasteiger partial charge in [-0.1, -0.05) is 0 Å². The second-order valence-corrected chi connectivity index (χ2v) is 5.19. The summed E-state index contributed by atoms with van der Waals surface area (Å²) in [5, 5.41) is 5.48. The first-order valence-electron chi connectivity index (χ1n) is 6.06. The van der Waals surface area contributed by atoms with Crippen LogP contribution in [0.15, 0.2) is 35.2 Å². The van der Waals surface area contributed by atoms with Crippen molar-refractivity contribution in [3.8, 4) is 5.75 Å². The van der Waals surface area contributed by atoms with Crippen LogP contribution in [0.4, 0.5) is 5.69 Å². The van der Waals surface area contributed by atoms with Gasteiger partial charge in [-0.25, -0.2) is 4.98 Å². The summed E-state index contributed by atoms with van der Waals surface area (Å²) < 4.78 is 5.61. The predicted octanol–water partition coefficient (Wildman–Crippen LogP) is 4.10. The fourth-order valence-electron chi connectivity index (χ4n) is 1.66. The van der Waals surface area contributed by atoms with E-state index in [0.29, 0.717) is 0 Å². The second kappa shape index (κ2) is 5.87. The molecule has 0 aliphatic rings. The van der Waals surface area contributed by atoms with Crippen molar-refractivity contribution in [2.24, 2.45) is 0 Å². The Morgan fingerprint density at radius 1 is 1.17 bits per heavy atom. The smallest absolute Gasteiger partial charge is 0.119 e. The van der Waals surface area contributed by atoms with Crippen LogP contribution in [0.1, 0.15) is 32.5 Å². The summed E-state index contributed by atoms with van der Waals surface area (Å²) in [6, 6.07) is 8.24. The van der Waals surface area contributed by atoms with Crippen LogP contribution in [0.3, 0.4) is 0 Å². The topological polar surface area (TPSA) is 34.1 Å². The summed E-state index contributed by atoms with van der Waals surface area (Å²) in [4.78, 5) is 4.30. The van der Waals surface area contributed by atoms with E-state index in [-0.39, 0.29) is 12.1 Å². The van der Waals surface area contributed by atoms with Crippen LogP contribution in [0, 0.1) is 0 Å². The lowest BCUT2D eigenvalue weighted by molar-refractivity contribution is 0.242. The Kier molecular flexibility index (Phi) is 4.20. The minimum absolute atomic E-state index is 0.206. The Bertz CT molecular complexity index is 465. The highest BCUT2D eigenvalue weighted by molar-refractivity contribution is 7.07. The molecule has 1 aromatic heterocycles. The van der Waals surface area contributed by atoms with Gasteiger partial charge < -0.3 is 10.1 Å². The predicted molar refractivity (Wildman–Crippen MR) is 76.4 cm³/mol. The van der Waals surface area contributed by atoms with Gasteiger partial charge in [0.15, 0.2) is 0 Å². The highest BCUT2D eigenvalue weighted by Gasteiger charge is 2.07. The molecule has 1 heterocycles. The highest BCUT2D eigenvalue weighted by Crippen LogP contribution is 2.21. The third-order valence-electron chi connectivity index (χ3n) is 2.50. The first-order chi connectivity index (χ1) is 8.65. The average Bonchev–Trinajstić information content (AvgIpc) is 2.84. The highest BCUT2D eigenvalue weighted by atomic mass is 32.1. The number of anilines is 1. The first kappa shape index (κ1) is 12.9. The molecule has 2 rings (SSSR count). The molecule has 0 fully saturated rings. The SMILES string of the molecule is CC(C)Oc1ccc(NC(C)c2cscn2)cc1. The zero-order valence-electron chi connectivity index (χ0n) is 10.9. The third kappa shape index (κ3) is 3.47. The molecule has 1 N–H and O–H groups in total. The molecule has 0 saturated carbocycles. The molecule has 0 spiro atoms. The summed E-state index contributed by atoms with van der Waals surface area (Å²) in [5.74, 6) is 0.900. The van der Waals surface area contributed by atoms with Gasteiger partial charge in [0.1, 0.15) is 5.75 Å². The van der Waals surface area contributed by atoms with E-state index in [0.717, 1.165) is 17.1 Å². The number of rotatable bonds is 5. The number of thiazole rings is 1. The van der Waals surface area contributed by atoms with Crippen molar-refractivity contribution < 1.29 is 4.74 Å². The van der Waals surface area contributed by atoms with Crippen molar-refractivity contribution in [2.75, 3.05) is 5.32 Å². The van der Waals surface area contributed by atoms with Gasteiger partial charge in [0, 0.05) is 11.1 Å². The Morgan fingerprint density at radius 2 is 1.89 bits per heavy atom. The van der Waals surface area contributed by atoms with E-state index in [1.165, 1.54) is 0 Å². The van der Waals surface area contributed by atoms with E-state index >= 15 is 0 Å². The van der Waals surface area contributed by atoms with E-state index in [9.17, 15) is 0 Å². The summed E-state index contributed by atoms with van der Waals surface area (Å²) in [7, 11) is 0. The fraction of sp³-hybridized carbons (Fsp3) is 0.357. The Morgan fingerprint density at radius 3 is 2.44 bits per heavy atom. The molecule has 3 nitrogen and oxygen atoms in total. The maximum Gasteiger partial charge on any atom is 0.119 e. The maximum absolute atomic E-state index is 5.61. The zero-order chi connectivity index (χ0) is 13.0. The molecule has 1 unspecified atom stereocenters. The molecule has 2 aromatic rings. The lowest BCUT2D eigenvalue weighted by Crippen LogP contribution is -2.07. The normalized spacial score (nSPS) is 12.4. The summed E-state index contributed by atoms with van der Waals surface area (Å²) >= 11 is 1.62. The van der Waals surface area contributed by atoms with E-state index < -0.39 is 0 Å². The van der Waals surface area contributed by atoms with Crippen molar-refractivity contribution in [2.45, 2.75) is 32.9 Å². The number of nitrogens with one attached hydrogen (secondary N) is 1. The molecule has 0 radical (unpaired) electrons. The van der Waals surface area contributed by atoms with Crippen LogP contribution >= 0.6 is 11.3 Å². The van der Waals surface area contributed by atoms with Gasteiger partial charge >= 0.3 is 0 Å². The molecule has 4 heteroatoms. The monoisotopic (exact) mass is 262 g/mol. The quantitative estimate of drug-likeness (QED) is 0.880. The van der Waals surface area contributed by atoms with Crippen LogP contribution in [0.2, 0.25) is 0 Å². The standard InChI is InChI=1S/C14H18N2OS/c1-10(2)17-13-6-4-12(5-7-13)16-11(3)14-8-18-9-15-14/h4-11,16H,1-3H3. The van der Waals surface area contributed by atoms with E-state index in [2.05, 4.69) is 22.6 Å². The van der Waals surface area contributed by atoms with Gasteiger partial charge in [-0.05, 0) is 45.0 Å². The molecule has 0 saturated heterocycles. The van der Waals surface area contributed by atoms with E-state index in [1.807, 2.05) is 43.6 Å². The van der Waals surface area contributed by atoms with Gasteiger partial charge in [0.05, 0.1) is 23.4 Å². The second-order valence-electron chi connectivity index (χ2n) is 4.47. The molecule has 0 bridgehead atoms. The molecule has 0 aliphatic heterocycles. The van der Waals surface area contributed by atoms with Gasteiger partial charge in [-0.2, -0.15) is 0 Å².